The average molecular weight is 276 g/mol. The number of anilines is 1. The summed E-state index contributed by atoms with van der Waals surface area (Å²) in [6.07, 6.45) is 6.56. The molecule has 2 unspecified atom stereocenters. The summed E-state index contributed by atoms with van der Waals surface area (Å²) in [7, 11) is 0. The molecule has 0 fully saturated rings. The molecule has 1 aliphatic heterocycles. The molecule has 1 aliphatic rings. The largest absolute Gasteiger partial charge is 0.463 e. The zero-order valence-electron chi connectivity index (χ0n) is 12.3. The fourth-order valence-electron chi connectivity index (χ4n) is 2.43. The van der Waals surface area contributed by atoms with E-state index in [1.165, 1.54) is 5.56 Å². The van der Waals surface area contributed by atoms with Crippen LogP contribution in [0.1, 0.15) is 32.3 Å². The molecule has 1 aromatic carbocycles. The first-order valence-corrected chi connectivity index (χ1v) is 7.31. The number of ether oxygens (including phenoxy) is 2. The van der Waals surface area contributed by atoms with Crippen molar-refractivity contribution in [3.8, 4) is 0 Å². The molecular weight excluding hydrogens is 252 g/mol. The summed E-state index contributed by atoms with van der Waals surface area (Å²) in [6, 6.07) is 8.41. The van der Waals surface area contributed by atoms with Gasteiger partial charge in [0.15, 0.2) is 0 Å². The van der Waals surface area contributed by atoms with Crippen LogP contribution in [0.15, 0.2) is 36.7 Å². The molecule has 1 aromatic rings. The van der Waals surface area contributed by atoms with E-state index in [9.17, 15) is 0 Å². The van der Waals surface area contributed by atoms with Crippen molar-refractivity contribution in [3.05, 3.63) is 42.3 Å². The Bertz CT molecular complexity index is 425. The van der Waals surface area contributed by atoms with Gasteiger partial charge in [-0.2, -0.15) is 0 Å². The lowest BCUT2D eigenvalue weighted by molar-refractivity contribution is 0.0567. The molecule has 0 saturated heterocycles. The van der Waals surface area contributed by atoms with E-state index in [0.29, 0.717) is 6.10 Å². The molecule has 4 nitrogen and oxygen atoms in total. The van der Waals surface area contributed by atoms with Crippen molar-refractivity contribution in [2.45, 2.75) is 45.6 Å². The quantitative estimate of drug-likeness (QED) is 0.831. The Kier molecular flexibility index (Phi) is 5.44. The van der Waals surface area contributed by atoms with E-state index in [1.54, 1.807) is 6.26 Å². The van der Waals surface area contributed by atoms with Gasteiger partial charge in [-0.15, -0.1) is 0 Å². The normalized spacial score (nSPS) is 19.1. The maximum Gasteiger partial charge on any atom is 0.230 e. The molecule has 110 valence electrons. The predicted octanol–water partition coefficient (Wildman–Crippen LogP) is 2.98. The Morgan fingerprint density at radius 1 is 1.30 bits per heavy atom. The topological polar surface area (TPSA) is 47.7 Å². The van der Waals surface area contributed by atoms with E-state index < -0.39 is 6.35 Å². The van der Waals surface area contributed by atoms with Crippen LogP contribution in [0.2, 0.25) is 0 Å². The van der Waals surface area contributed by atoms with Gasteiger partial charge in [-0.05, 0) is 37.5 Å². The van der Waals surface area contributed by atoms with Crippen LogP contribution in [-0.2, 0) is 15.9 Å². The van der Waals surface area contributed by atoms with Crippen LogP contribution >= 0.6 is 0 Å². The highest BCUT2D eigenvalue weighted by atomic mass is 16.5. The number of nitrogens with zero attached hydrogens (tertiary/aromatic N) is 1. The van der Waals surface area contributed by atoms with Gasteiger partial charge >= 0.3 is 0 Å². The molecule has 0 spiro atoms. The Morgan fingerprint density at radius 3 is 2.60 bits per heavy atom. The average Bonchev–Trinajstić information content (AvgIpc) is 2.86. The molecule has 20 heavy (non-hydrogen) atoms. The lowest BCUT2D eigenvalue weighted by atomic mass is 10.0. The van der Waals surface area contributed by atoms with Crippen molar-refractivity contribution in [2.75, 3.05) is 11.5 Å². The van der Waals surface area contributed by atoms with Gasteiger partial charge in [-0.3, -0.25) is 10.6 Å². The highest BCUT2D eigenvalue weighted by Gasteiger charge is 2.17. The summed E-state index contributed by atoms with van der Waals surface area (Å²) in [5.74, 6) is 0. The molecule has 2 atom stereocenters. The van der Waals surface area contributed by atoms with E-state index in [-0.39, 0.29) is 0 Å². The molecular formula is C16H24N2O2. The summed E-state index contributed by atoms with van der Waals surface area (Å²) in [5.41, 5.74) is 8.16. The highest BCUT2D eigenvalue weighted by molar-refractivity contribution is 5.51. The first-order valence-electron chi connectivity index (χ1n) is 7.31. The van der Waals surface area contributed by atoms with Crippen molar-refractivity contribution in [1.29, 1.82) is 0 Å². The van der Waals surface area contributed by atoms with Gasteiger partial charge in [0, 0.05) is 18.5 Å². The van der Waals surface area contributed by atoms with Crippen LogP contribution in [0.3, 0.4) is 0 Å². The summed E-state index contributed by atoms with van der Waals surface area (Å²) in [4.78, 5) is 1.90. The molecule has 2 N–H and O–H groups in total. The molecule has 0 saturated carbocycles. The number of rotatable bonds is 7. The number of hydrogen-bond acceptors (Lipinski definition) is 4. The Morgan fingerprint density at radius 2 is 2.05 bits per heavy atom. The molecule has 0 bridgehead atoms. The van der Waals surface area contributed by atoms with E-state index in [2.05, 4.69) is 31.2 Å². The minimum Gasteiger partial charge on any atom is -0.463 e. The van der Waals surface area contributed by atoms with Gasteiger partial charge in [0.2, 0.25) is 6.35 Å². The van der Waals surface area contributed by atoms with E-state index in [1.807, 2.05) is 18.0 Å². The lowest BCUT2D eigenvalue weighted by Gasteiger charge is -2.21. The van der Waals surface area contributed by atoms with Gasteiger partial charge in [0.05, 0.1) is 6.10 Å². The monoisotopic (exact) mass is 276 g/mol. The Hall–Kier alpha value is -1.52. The van der Waals surface area contributed by atoms with Gasteiger partial charge in [-0.1, -0.05) is 25.5 Å². The third-order valence-electron chi connectivity index (χ3n) is 3.42. The minimum absolute atomic E-state index is 0.313. The van der Waals surface area contributed by atoms with Crippen molar-refractivity contribution < 1.29 is 9.47 Å². The molecule has 0 aromatic heterocycles. The molecule has 0 amide bonds. The number of hydrogen-bond donors (Lipinski definition) is 1. The lowest BCUT2D eigenvalue weighted by Crippen LogP contribution is -2.35. The first-order chi connectivity index (χ1) is 9.74. The second kappa shape index (κ2) is 7.31. The fraction of sp³-hybridized carbons (Fsp3) is 0.500. The van der Waals surface area contributed by atoms with Gasteiger partial charge in [0.1, 0.15) is 6.26 Å². The molecule has 1 heterocycles. The Balaban J connectivity index is 1.98. The highest BCUT2D eigenvalue weighted by Crippen LogP contribution is 2.21. The van der Waals surface area contributed by atoms with Crippen LogP contribution in [0, 0.1) is 0 Å². The van der Waals surface area contributed by atoms with Crippen LogP contribution in [0.4, 0.5) is 5.69 Å². The van der Waals surface area contributed by atoms with Crippen molar-refractivity contribution in [2.24, 2.45) is 5.73 Å². The molecule has 4 heteroatoms. The third-order valence-corrected chi connectivity index (χ3v) is 3.42. The first kappa shape index (κ1) is 14.9. The second-order valence-corrected chi connectivity index (χ2v) is 4.96. The third kappa shape index (κ3) is 3.74. The molecule has 0 radical (unpaired) electrons. The minimum atomic E-state index is -0.419. The van der Waals surface area contributed by atoms with E-state index >= 15 is 0 Å². The summed E-state index contributed by atoms with van der Waals surface area (Å²) >= 11 is 0. The predicted molar refractivity (Wildman–Crippen MR) is 81.1 cm³/mol. The summed E-state index contributed by atoms with van der Waals surface area (Å²) in [5, 5.41) is 0. The van der Waals surface area contributed by atoms with Crippen LogP contribution < -0.4 is 10.6 Å². The van der Waals surface area contributed by atoms with E-state index in [4.69, 9.17) is 15.2 Å². The van der Waals surface area contributed by atoms with Crippen LogP contribution in [-0.4, -0.2) is 19.1 Å². The SMILES string of the molecule is CCCC(Cc1ccc(N2C=COC2N)cc1)OCC. The van der Waals surface area contributed by atoms with Crippen molar-refractivity contribution in [1.82, 2.24) is 0 Å². The number of nitrogens with two attached hydrogens (primary N) is 1. The fourth-order valence-corrected chi connectivity index (χ4v) is 2.43. The summed E-state index contributed by atoms with van der Waals surface area (Å²) < 4.78 is 11.0. The maximum absolute atomic E-state index is 5.83. The standard InChI is InChI=1S/C16H24N2O2/c1-3-5-15(19-4-2)12-13-6-8-14(9-7-13)18-10-11-20-16(18)17/h6-11,15-16H,3-5,12,17H2,1-2H3. The zero-order chi connectivity index (χ0) is 14.4. The number of benzene rings is 1. The zero-order valence-corrected chi connectivity index (χ0v) is 12.3. The maximum atomic E-state index is 5.83. The summed E-state index contributed by atoms with van der Waals surface area (Å²) in [6.45, 7) is 5.01. The Labute approximate surface area is 121 Å². The van der Waals surface area contributed by atoms with E-state index in [0.717, 1.165) is 31.6 Å². The van der Waals surface area contributed by atoms with Crippen molar-refractivity contribution in [3.63, 3.8) is 0 Å². The van der Waals surface area contributed by atoms with Gasteiger partial charge in [-0.25, -0.2) is 0 Å². The van der Waals surface area contributed by atoms with Gasteiger partial charge < -0.3 is 9.47 Å². The van der Waals surface area contributed by atoms with Crippen LogP contribution in [0.25, 0.3) is 0 Å². The van der Waals surface area contributed by atoms with Crippen molar-refractivity contribution >= 4 is 5.69 Å². The molecule has 0 aliphatic carbocycles. The second-order valence-electron chi connectivity index (χ2n) is 4.96. The smallest absolute Gasteiger partial charge is 0.230 e. The van der Waals surface area contributed by atoms with Crippen LogP contribution in [0.5, 0.6) is 0 Å². The molecule has 2 rings (SSSR count). The van der Waals surface area contributed by atoms with Gasteiger partial charge in [0.25, 0.3) is 0 Å².